The van der Waals surface area contributed by atoms with Gasteiger partial charge < -0.3 is 14.2 Å². The molecule has 3 aliphatic heterocycles. The molecule has 268 valence electrons. The summed E-state index contributed by atoms with van der Waals surface area (Å²) in [5, 5.41) is 0. The fraction of sp³-hybridized carbons (Fsp3) is 0.829. The van der Waals surface area contributed by atoms with Gasteiger partial charge >= 0.3 is 5.97 Å². The summed E-state index contributed by atoms with van der Waals surface area (Å²) in [5.74, 6) is -0.271. The molecule has 1 aromatic carbocycles. The number of hydrogen-bond acceptors (Lipinski definition) is 5. The number of cyclic esters (lactones) is 1. The molecule has 3 fully saturated rings. The van der Waals surface area contributed by atoms with Crippen LogP contribution in [0.25, 0.3) is 0 Å². The number of ether oxygens (including phenoxy) is 3. The van der Waals surface area contributed by atoms with Crippen molar-refractivity contribution in [2.75, 3.05) is 0 Å². The molecule has 5 nitrogen and oxygen atoms in total. The molecule has 0 aliphatic carbocycles. The van der Waals surface area contributed by atoms with Gasteiger partial charge in [0.25, 0.3) is 0 Å². The number of epoxide rings is 2. The molecule has 0 radical (unpaired) electrons. The molecule has 3 heterocycles. The Morgan fingerprint density at radius 1 is 0.617 bits per heavy atom. The highest BCUT2D eigenvalue weighted by atomic mass is 32.2. The van der Waals surface area contributed by atoms with Gasteiger partial charge in [0.15, 0.2) is 4.75 Å². The number of rotatable bonds is 29. The lowest BCUT2D eigenvalue weighted by Crippen LogP contribution is -2.39. The van der Waals surface area contributed by atoms with Crippen LogP contribution in [0.4, 0.5) is 0 Å². The summed E-state index contributed by atoms with van der Waals surface area (Å²) in [6.45, 7) is 4.20. The number of carbonyl (C=O) groups excluding carboxylic acids is 1. The van der Waals surface area contributed by atoms with Crippen LogP contribution in [-0.4, -0.2) is 45.4 Å². The van der Waals surface area contributed by atoms with Crippen molar-refractivity contribution in [2.24, 2.45) is 0 Å². The van der Waals surface area contributed by atoms with E-state index in [9.17, 15) is 9.00 Å². The largest absolute Gasteiger partial charge is 0.461 e. The molecule has 0 N–H and O–H groups in total. The van der Waals surface area contributed by atoms with Crippen molar-refractivity contribution in [3.8, 4) is 0 Å². The minimum atomic E-state index is -1.38. The topological polar surface area (TPSA) is 68.4 Å². The summed E-state index contributed by atoms with van der Waals surface area (Å²) < 4.78 is 30.0. The molecule has 1 aromatic rings. The zero-order chi connectivity index (χ0) is 33.2. The van der Waals surface area contributed by atoms with Crippen LogP contribution < -0.4 is 0 Å². The lowest BCUT2D eigenvalue weighted by molar-refractivity contribution is -0.142. The predicted octanol–water partition coefficient (Wildman–Crippen LogP) is 11.2. The molecule has 3 saturated heterocycles. The molecule has 0 amide bonds. The van der Waals surface area contributed by atoms with Gasteiger partial charge in [-0.1, -0.05) is 154 Å². The van der Waals surface area contributed by atoms with Crippen LogP contribution in [0.5, 0.6) is 0 Å². The third-order valence-electron chi connectivity index (χ3n) is 10.9. The summed E-state index contributed by atoms with van der Waals surface area (Å²) in [4.78, 5) is 13.5. The van der Waals surface area contributed by atoms with Gasteiger partial charge in [0.1, 0.15) is 6.10 Å². The van der Waals surface area contributed by atoms with Crippen molar-refractivity contribution in [3.63, 3.8) is 0 Å². The quantitative estimate of drug-likeness (QED) is 0.0481. The highest BCUT2D eigenvalue weighted by Gasteiger charge is 2.52. The van der Waals surface area contributed by atoms with Crippen LogP contribution in [0.2, 0.25) is 0 Å². The summed E-state index contributed by atoms with van der Waals surface area (Å²) >= 11 is 0. The second kappa shape index (κ2) is 21.8. The van der Waals surface area contributed by atoms with E-state index in [1.807, 2.05) is 37.3 Å². The van der Waals surface area contributed by atoms with E-state index in [-0.39, 0.29) is 12.1 Å². The summed E-state index contributed by atoms with van der Waals surface area (Å²) in [6, 6.07) is 9.43. The van der Waals surface area contributed by atoms with Crippen LogP contribution in [0.15, 0.2) is 35.2 Å². The molecule has 0 saturated carbocycles. The number of esters is 1. The maximum atomic E-state index is 13.4. The van der Waals surface area contributed by atoms with Gasteiger partial charge in [-0.15, -0.1) is 0 Å². The van der Waals surface area contributed by atoms with Crippen molar-refractivity contribution >= 4 is 16.8 Å². The smallest absolute Gasteiger partial charge is 0.325 e. The van der Waals surface area contributed by atoms with E-state index in [0.717, 1.165) is 17.7 Å². The van der Waals surface area contributed by atoms with Crippen molar-refractivity contribution in [1.29, 1.82) is 0 Å². The predicted molar refractivity (Wildman–Crippen MR) is 194 cm³/mol. The van der Waals surface area contributed by atoms with Gasteiger partial charge in [-0.05, 0) is 51.2 Å². The van der Waals surface area contributed by atoms with E-state index >= 15 is 0 Å². The SMILES string of the molecule is CCCCCCCCCCCC[C@H]1O[C@H]1CC[C@H]1O[C@H]1CCCCCCCCCCCCC1(S(=O)c2ccccc2)C[C@H](C)OC1=O. The zero-order valence-electron chi connectivity index (χ0n) is 30.1. The van der Waals surface area contributed by atoms with Crippen molar-refractivity contribution in [1.82, 2.24) is 0 Å². The summed E-state index contributed by atoms with van der Waals surface area (Å²) in [7, 11) is -1.38. The third kappa shape index (κ3) is 13.9. The van der Waals surface area contributed by atoms with Crippen molar-refractivity contribution in [3.05, 3.63) is 30.3 Å². The van der Waals surface area contributed by atoms with Gasteiger partial charge in [-0.25, -0.2) is 0 Å². The first-order chi connectivity index (χ1) is 23.0. The minimum absolute atomic E-state index is 0.160. The molecule has 3 aliphatic rings. The number of benzene rings is 1. The first kappa shape index (κ1) is 38.6. The maximum absolute atomic E-state index is 13.4. The normalized spacial score (nSPS) is 27.2. The van der Waals surface area contributed by atoms with E-state index in [1.54, 1.807) is 0 Å². The Kier molecular flexibility index (Phi) is 17.9. The van der Waals surface area contributed by atoms with E-state index in [2.05, 4.69) is 6.92 Å². The molecule has 6 heteroatoms. The van der Waals surface area contributed by atoms with Gasteiger partial charge in [-0.3, -0.25) is 9.00 Å². The highest BCUT2D eigenvalue weighted by molar-refractivity contribution is 7.87. The molecule has 0 spiro atoms. The molecular formula is C41H68O5S. The minimum Gasteiger partial charge on any atom is -0.461 e. The maximum Gasteiger partial charge on any atom is 0.325 e. The Morgan fingerprint density at radius 2 is 1.04 bits per heavy atom. The first-order valence-electron chi connectivity index (χ1n) is 20.0. The second-order valence-electron chi connectivity index (χ2n) is 15.0. The van der Waals surface area contributed by atoms with Crippen LogP contribution in [0, 0.1) is 0 Å². The monoisotopic (exact) mass is 672 g/mol. The molecule has 2 unspecified atom stereocenters. The molecule has 7 atom stereocenters. The highest BCUT2D eigenvalue weighted by Crippen LogP contribution is 2.39. The third-order valence-corrected chi connectivity index (χ3v) is 12.8. The average molecular weight is 673 g/mol. The van der Waals surface area contributed by atoms with Crippen molar-refractivity contribution < 1.29 is 23.2 Å². The van der Waals surface area contributed by atoms with Gasteiger partial charge in [0.05, 0.1) is 35.2 Å². The van der Waals surface area contributed by atoms with Gasteiger partial charge in [-0.2, -0.15) is 0 Å². The Hall–Kier alpha value is -1.24. The van der Waals surface area contributed by atoms with E-state index in [1.165, 1.54) is 141 Å². The Morgan fingerprint density at radius 3 is 1.49 bits per heavy atom. The fourth-order valence-corrected chi connectivity index (χ4v) is 9.57. The Bertz CT molecular complexity index is 1020. The number of carbonyl (C=O) groups is 1. The fourth-order valence-electron chi connectivity index (χ4n) is 7.80. The van der Waals surface area contributed by atoms with E-state index < -0.39 is 15.5 Å². The van der Waals surface area contributed by atoms with Crippen LogP contribution in [0.3, 0.4) is 0 Å². The van der Waals surface area contributed by atoms with Crippen LogP contribution in [-0.2, 0) is 29.8 Å². The molecule has 47 heavy (non-hydrogen) atoms. The van der Waals surface area contributed by atoms with Gasteiger partial charge in [0, 0.05) is 11.3 Å². The average Bonchev–Trinajstić information content (AvgIpc) is 3.99. The van der Waals surface area contributed by atoms with Gasteiger partial charge in [0.2, 0.25) is 0 Å². The molecular weight excluding hydrogens is 605 g/mol. The van der Waals surface area contributed by atoms with Crippen LogP contribution >= 0.6 is 0 Å². The Labute approximate surface area is 290 Å². The number of unbranched alkanes of at least 4 members (excludes halogenated alkanes) is 18. The van der Waals surface area contributed by atoms with E-state index in [4.69, 9.17) is 14.2 Å². The first-order valence-corrected chi connectivity index (χ1v) is 21.2. The lowest BCUT2D eigenvalue weighted by atomic mass is 9.96. The zero-order valence-corrected chi connectivity index (χ0v) is 30.9. The van der Waals surface area contributed by atoms with Crippen LogP contribution in [0.1, 0.15) is 181 Å². The van der Waals surface area contributed by atoms with E-state index in [0.29, 0.717) is 37.3 Å². The second-order valence-corrected chi connectivity index (χ2v) is 16.8. The summed E-state index contributed by atoms with van der Waals surface area (Å²) in [5.41, 5.74) is 0. The number of hydrogen-bond donors (Lipinski definition) is 0. The standard InChI is InChI=1S/C41H68O5S/c1-3-4-5-6-7-8-11-14-17-23-28-36-38(45-36)30-31-39-37(46-39)29-24-18-15-12-9-10-13-16-19-25-32-41(33-34(2)44-40(41)42)47(43)35-26-21-20-22-27-35/h20-22,26-27,34,36-39H,3-19,23-25,28-33H2,1-2H3/t34-,36+,37-,38-,39+,41?,47?/m0/s1. The lowest BCUT2D eigenvalue weighted by Gasteiger charge is -2.24. The molecule has 0 aromatic heterocycles. The Balaban J connectivity index is 0.899. The van der Waals surface area contributed by atoms with Crippen molar-refractivity contribution in [2.45, 2.75) is 221 Å². The molecule has 0 bridgehead atoms. The summed E-state index contributed by atoms with van der Waals surface area (Å²) in [6.07, 6.45) is 34.4. The molecule has 4 rings (SSSR count).